The van der Waals surface area contributed by atoms with E-state index in [2.05, 4.69) is 68.5 Å². The van der Waals surface area contributed by atoms with Crippen LogP contribution in [0.25, 0.3) is 31.4 Å². The normalized spacial score (nSPS) is 11.4. The highest BCUT2D eigenvalue weighted by molar-refractivity contribution is 7.22. The minimum Gasteiger partial charge on any atom is -0.368 e. The Hall–Kier alpha value is -3.55. The molecule has 5 aromatic rings. The Morgan fingerprint density at radius 1 is 1.10 bits per heavy atom. The summed E-state index contributed by atoms with van der Waals surface area (Å²) in [5, 5.41) is 13.1. The number of aromatic amines is 1. The van der Waals surface area contributed by atoms with Gasteiger partial charge >= 0.3 is 0 Å². The maximum Gasteiger partial charge on any atom is 0.220 e. The summed E-state index contributed by atoms with van der Waals surface area (Å²) < 4.78 is 1.27. The topological polar surface area (TPSA) is 92.5 Å². The van der Waals surface area contributed by atoms with E-state index in [4.69, 9.17) is 5.73 Å². The maximum atomic E-state index is 5.76. The number of rotatable bonds is 7. The molecule has 0 aliphatic carbocycles. The van der Waals surface area contributed by atoms with Crippen molar-refractivity contribution in [1.82, 2.24) is 25.5 Å². The van der Waals surface area contributed by atoms with E-state index in [0.29, 0.717) is 12.4 Å². The van der Waals surface area contributed by atoms with Gasteiger partial charge in [-0.05, 0) is 52.9 Å². The first-order valence-electron chi connectivity index (χ1n) is 10.1. The van der Waals surface area contributed by atoms with Crippen LogP contribution in [0.15, 0.2) is 67.5 Å². The number of nitrogens with one attached hydrogen (secondary N) is 2. The second-order valence-electron chi connectivity index (χ2n) is 7.46. The Balaban J connectivity index is 1.53. The molecule has 31 heavy (non-hydrogen) atoms. The van der Waals surface area contributed by atoms with Crippen molar-refractivity contribution in [3.05, 3.63) is 84.3 Å². The van der Waals surface area contributed by atoms with Crippen molar-refractivity contribution in [2.75, 3.05) is 12.3 Å². The van der Waals surface area contributed by atoms with Crippen molar-refractivity contribution in [3.8, 4) is 10.4 Å². The number of benzene rings is 2. The van der Waals surface area contributed by atoms with Gasteiger partial charge in [-0.2, -0.15) is 5.10 Å². The lowest BCUT2D eigenvalue weighted by molar-refractivity contribution is 0.761. The molecule has 0 saturated heterocycles. The number of anilines is 1. The standard InChI is InChI=1S/C24H22N6S/c1-2-6-26-13-15-3-4-21-17(8-15)12-22(31-21)20-11-16(9-18-14-28-30-23(18)20)10-19-5-7-27-24(25)29-19/h2-5,7-9,11-12,14,26H,1,6,10,13H2,(H,28,30)(H2,25,27,29). The van der Waals surface area contributed by atoms with Crippen LogP contribution in [0.1, 0.15) is 16.8 Å². The van der Waals surface area contributed by atoms with E-state index in [-0.39, 0.29) is 0 Å². The molecule has 0 spiro atoms. The van der Waals surface area contributed by atoms with Crippen molar-refractivity contribution < 1.29 is 0 Å². The lowest BCUT2D eigenvalue weighted by atomic mass is 10.0. The summed E-state index contributed by atoms with van der Waals surface area (Å²) in [5.41, 5.74) is 11.3. The van der Waals surface area contributed by atoms with Gasteiger partial charge in [-0.25, -0.2) is 9.97 Å². The summed E-state index contributed by atoms with van der Waals surface area (Å²) >= 11 is 1.79. The molecule has 0 unspecified atom stereocenters. The number of H-pyrrole nitrogens is 1. The Labute approximate surface area is 183 Å². The van der Waals surface area contributed by atoms with Gasteiger partial charge in [0.2, 0.25) is 5.95 Å². The van der Waals surface area contributed by atoms with Gasteiger partial charge in [-0.3, -0.25) is 5.10 Å². The van der Waals surface area contributed by atoms with Crippen LogP contribution in [0.2, 0.25) is 0 Å². The fourth-order valence-electron chi connectivity index (χ4n) is 3.79. The fraction of sp³-hybridized carbons (Fsp3) is 0.125. The minimum atomic E-state index is 0.296. The molecule has 0 saturated carbocycles. The highest BCUT2D eigenvalue weighted by Crippen LogP contribution is 2.38. The van der Waals surface area contributed by atoms with Gasteiger partial charge in [-0.1, -0.05) is 12.1 Å². The largest absolute Gasteiger partial charge is 0.368 e. The molecule has 0 bridgehead atoms. The third-order valence-corrected chi connectivity index (χ3v) is 6.34. The second-order valence-corrected chi connectivity index (χ2v) is 8.55. The van der Waals surface area contributed by atoms with Gasteiger partial charge in [0.05, 0.1) is 17.4 Å². The number of thiophene rings is 1. The van der Waals surface area contributed by atoms with Crippen molar-refractivity contribution in [2.24, 2.45) is 0 Å². The highest BCUT2D eigenvalue weighted by atomic mass is 32.1. The van der Waals surface area contributed by atoms with Crippen LogP contribution in [0.4, 0.5) is 5.95 Å². The lowest BCUT2D eigenvalue weighted by Crippen LogP contribution is -2.12. The summed E-state index contributed by atoms with van der Waals surface area (Å²) in [6, 6.07) is 15.2. The van der Waals surface area contributed by atoms with Crippen LogP contribution in [0.3, 0.4) is 0 Å². The quantitative estimate of drug-likeness (QED) is 0.259. The molecule has 0 aliphatic heterocycles. The monoisotopic (exact) mass is 426 g/mol. The molecule has 6 nitrogen and oxygen atoms in total. The number of nitrogen functional groups attached to an aromatic ring is 1. The van der Waals surface area contributed by atoms with Gasteiger partial charge in [0.15, 0.2) is 0 Å². The maximum absolute atomic E-state index is 5.76. The van der Waals surface area contributed by atoms with Gasteiger partial charge in [0.25, 0.3) is 0 Å². The van der Waals surface area contributed by atoms with Crippen molar-refractivity contribution >= 4 is 38.3 Å². The molecule has 0 atom stereocenters. The highest BCUT2D eigenvalue weighted by Gasteiger charge is 2.13. The van der Waals surface area contributed by atoms with Crippen LogP contribution in [0, 0.1) is 0 Å². The molecule has 2 aromatic carbocycles. The third kappa shape index (κ3) is 4.05. The zero-order valence-corrected chi connectivity index (χ0v) is 17.7. The minimum absolute atomic E-state index is 0.296. The summed E-state index contributed by atoms with van der Waals surface area (Å²) in [5.74, 6) is 0.296. The Morgan fingerprint density at radius 3 is 2.87 bits per heavy atom. The van der Waals surface area contributed by atoms with E-state index in [0.717, 1.165) is 40.8 Å². The van der Waals surface area contributed by atoms with Gasteiger partial charge in [0.1, 0.15) is 0 Å². The van der Waals surface area contributed by atoms with E-state index in [1.54, 1.807) is 17.5 Å². The summed E-state index contributed by atoms with van der Waals surface area (Å²) in [4.78, 5) is 9.55. The number of nitrogens with zero attached hydrogens (tertiary/aromatic N) is 3. The summed E-state index contributed by atoms with van der Waals surface area (Å²) in [6.07, 6.45) is 6.13. The van der Waals surface area contributed by atoms with Crippen molar-refractivity contribution in [1.29, 1.82) is 0 Å². The fourth-order valence-corrected chi connectivity index (χ4v) is 4.86. The summed E-state index contributed by atoms with van der Waals surface area (Å²) in [6.45, 7) is 5.38. The smallest absolute Gasteiger partial charge is 0.220 e. The average molecular weight is 427 g/mol. The number of fused-ring (bicyclic) bond motifs is 2. The van der Waals surface area contributed by atoms with Crippen LogP contribution >= 0.6 is 11.3 Å². The molecule has 5 rings (SSSR count). The molecular weight excluding hydrogens is 404 g/mol. The van der Waals surface area contributed by atoms with Crippen LogP contribution in [-0.2, 0) is 13.0 Å². The van der Waals surface area contributed by atoms with E-state index in [1.165, 1.54) is 20.5 Å². The molecule has 7 heteroatoms. The average Bonchev–Trinajstić information content (AvgIpc) is 3.40. The molecule has 0 radical (unpaired) electrons. The Kier molecular flexibility index (Phi) is 5.19. The number of aromatic nitrogens is 4. The van der Waals surface area contributed by atoms with Gasteiger partial charge < -0.3 is 11.1 Å². The molecule has 4 N–H and O–H groups in total. The first-order chi connectivity index (χ1) is 15.2. The molecule has 0 amide bonds. The Bertz CT molecular complexity index is 1380. The van der Waals surface area contributed by atoms with E-state index < -0.39 is 0 Å². The zero-order valence-electron chi connectivity index (χ0n) is 16.9. The molecule has 154 valence electrons. The lowest BCUT2D eigenvalue weighted by Gasteiger charge is -2.06. The number of hydrogen-bond acceptors (Lipinski definition) is 6. The van der Waals surface area contributed by atoms with Crippen LogP contribution in [0.5, 0.6) is 0 Å². The van der Waals surface area contributed by atoms with Gasteiger partial charge in [-0.15, -0.1) is 17.9 Å². The van der Waals surface area contributed by atoms with Crippen molar-refractivity contribution in [3.63, 3.8) is 0 Å². The molecule has 0 aliphatic rings. The van der Waals surface area contributed by atoms with Crippen LogP contribution < -0.4 is 11.1 Å². The first kappa shape index (κ1) is 19.4. The second kappa shape index (κ2) is 8.29. The predicted molar refractivity (Wildman–Crippen MR) is 128 cm³/mol. The molecule has 3 aromatic heterocycles. The molecular formula is C24H22N6S. The first-order valence-corrected chi connectivity index (χ1v) is 10.9. The third-order valence-electron chi connectivity index (χ3n) is 5.19. The van der Waals surface area contributed by atoms with E-state index >= 15 is 0 Å². The number of nitrogens with two attached hydrogens (primary N) is 1. The molecule has 3 heterocycles. The van der Waals surface area contributed by atoms with Crippen LogP contribution in [-0.4, -0.2) is 26.7 Å². The summed E-state index contributed by atoms with van der Waals surface area (Å²) in [7, 11) is 0. The van der Waals surface area contributed by atoms with Gasteiger partial charge in [0, 0.05) is 46.2 Å². The van der Waals surface area contributed by atoms with E-state index in [1.807, 2.05) is 18.3 Å². The molecule has 0 fully saturated rings. The van der Waals surface area contributed by atoms with Crippen molar-refractivity contribution in [2.45, 2.75) is 13.0 Å². The zero-order chi connectivity index (χ0) is 21.2. The number of hydrogen-bond donors (Lipinski definition) is 3. The van der Waals surface area contributed by atoms with E-state index in [9.17, 15) is 0 Å². The SMILES string of the molecule is C=CCNCc1ccc2sc(-c3cc(Cc4ccnc(N)n4)cc4cn[nH]c34)cc2c1. The Morgan fingerprint density at radius 2 is 2.00 bits per heavy atom. The predicted octanol–water partition coefficient (Wildman–Crippen LogP) is 4.68.